The van der Waals surface area contributed by atoms with E-state index in [9.17, 15) is 0 Å². The molecule has 0 aliphatic carbocycles. The zero-order valence-corrected chi connectivity index (χ0v) is 16.8. The average Bonchev–Trinajstić information content (AvgIpc) is 2.70. The lowest BCUT2D eigenvalue weighted by molar-refractivity contribution is -0.00571. The molecule has 2 aromatic rings. The molecule has 2 fully saturated rings. The lowest BCUT2D eigenvalue weighted by Crippen LogP contribution is -2.46. The molecule has 150 valence electrons. The van der Waals surface area contributed by atoms with E-state index in [2.05, 4.69) is 63.5 Å². The van der Waals surface area contributed by atoms with E-state index in [0.29, 0.717) is 0 Å². The van der Waals surface area contributed by atoms with Gasteiger partial charge in [-0.3, -0.25) is 4.90 Å². The van der Waals surface area contributed by atoms with Gasteiger partial charge in [-0.15, -0.1) is 0 Å². The van der Waals surface area contributed by atoms with Crippen LogP contribution in [0, 0.1) is 0 Å². The van der Waals surface area contributed by atoms with Crippen molar-refractivity contribution in [3.05, 3.63) is 42.1 Å². The lowest BCUT2D eigenvalue weighted by atomic mass is 10.2. The van der Waals surface area contributed by atoms with Crippen LogP contribution in [0.2, 0.25) is 0 Å². The smallest absolute Gasteiger partial charge is 0.227 e. The van der Waals surface area contributed by atoms with Crippen LogP contribution in [-0.2, 0) is 11.3 Å². The molecule has 2 atom stereocenters. The van der Waals surface area contributed by atoms with Gasteiger partial charge >= 0.3 is 0 Å². The van der Waals surface area contributed by atoms with Crippen LogP contribution in [0.3, 0.4) is 0 Å². The molecule has 2 N–H and O–H groups in total. The van der Waals surface area contributed by atoms with Gasteiger partial charge in [0.25, 0.3) is 0 Å². The molecule has 2 aliphatic rings. The van der Waals surface area contributed by atoms with Gasteiger partial charge in [0.15, 0.2) is 0 Å². The summed E-state index contributed by atoms with van der Waals surface area (Å²) in [4.78, 5) is 13.9. The Morgan fingerprint density at radius 2 is 1.79 bits per heavy atom. The fourth-order valence-electron chi connectivity index (χ4n) is 3.88. The van der Waals surface area contributed by atoms with Crippen molar-refractivity contribution in [3.63, 3.8) is 0 Å². The Kier molecular flexibility index (Phi) is 6.04. The van der Waals surface area contributed by atoms with Crippen molar-refractivity contribution in [2.75, 3.05) is 49.5 Å². The maximum absolute atomic E-state index is 5.81. The van der Waals surface area contributed by atoms with Crippen molar-refractivity contribution < 1.29 is 4.74 Å². The van der Waals surface area contributed by atoms with Crippen molar-refractivity contribution in [2.45, 2.75) is 32.6 Å². The normalized spacial score (nSPS) is 23.6. The highest BCUT2D eigenvalue weighted by Gasteiger charge is 2.24. The Hall–Kier alpha value is -2.22. The molecule has 0 spiro atoms. The molecule has 0 amide bonds. The third kappa shape index (κ3) is 4.98. The van der Waals surface area contributed by atoms with Crippen molar-refractivity contribution in [2.24, 2.45) is 0 Å². The second-order valence-corrected chi connectivity index (χ2v) is 7.75. The second kappa shape index (κ2) is 8.86. The zero-order chi connectivity index (χ0) is 19.3. The minimum Gasteiger partial charge on any atom is -0.372 e. The fourth-order valence-corrected chi connectivity index (χ4v) is 3.88. The van der Waals surface area contributed by atoms with E-state index in [1.165, 1.54) is 5.56 Å². The van der Waals surface area contributed by atoms with Gasteiger partial charge in [-0.05, 0) is 37.6 Å². The molecule has 0 bridgehead atoms. The molecule has 2 aliphatic heterocycles. The second-order valence-electron chi connectivity index (χ2n) is 7.75. The van der Waals surface area contributed by atoms with Crippen LogP contribution in [0.1, 0.15) is 19.4 Å². The summed E-state index contributed by atoms with van der Waals surface area (Å²) >= 11 is 0. The third-order valence-electron chi connectivity index (χ3n) is 5.19. The number of piperazine rings is 1. The standard InChI is InChI=1S/C21H30N6O/c1-16-13-27(14-17(2)28-16)21-23-8-7-20(25-21)24-19-5-3-18(4-6-19)15-26-11-9-22-10-12-26/h3-8,16-17,22H,9-15H2,1-2H3,(H,23,24,25). The molecule has 7 heteroatoms. The Balaban J connectivity index is 1.38. The number of ether oxygens (including phenoxy) is 1. The van der Waals surface area contributed by atoms with Crippen LogP contribution >= 0.6 is 0 Å². The summed E-state index contributed by atoms with van der Waals surface area (Å²) in [5.74, 6) is 1.56. The number of nitrogens with one attached hydrogen (secondary N) is 2. The first kappa shape index (κ1) is 19.1. The molecule has 7 nitrogen and oxygen atoms in total. The average molecular weight is 383 g/mol. The van der Waals surface area contributed by atoms with Crippen LogP contribution in [0.25, 0.3) is 0 Å². The highest BCUT2D eigenvalue weighted by Crippen LogP contribution is 2.20. The number of nitrogens with zero attached hydrogens (tertiary/aromatic N) is 4. The molecule has 2 saturated heterocycles. The third-order valence-corrected chi connectivity index (χ3v) is 5.19. The molecule has 1 aromatic heterocycles. The van der Waals surface area contributed by atoms with E-state index in [1.54, 1.807) is 0 Å². The van der Waals surface area contributed by atoms with Gasteiger partial charge in [-0.1, -0.05) is 12.1 Å². The Morgan fingerprint density at radius 1 is 1.07 bits per heavy atom. The number of aromatic nitrogens is 2. The lowest BCUT2D eigenvalue weighted by Gasteiger charge is -2.35. The number of morpholine rings is 1. The van der Waals surface area contributed by atoms with E-state index in [1.807, 2.05) is 12.3 Å². The van der Waals surface area contributed by atoms with Crippen LogP contribution < -0.4 is 15.5 Å². The summed E-state index contributed by atoms with van der Waals surface area (Å²) in [6, 6.07) is 10.5. The summed E-state index contributed by atoms with van der Waals surface area (Å²) in [7, 11) is 0. The van der Waals surface area contributed by atoms with Crippen molar-refractivity contribution in [1.29, 1.82) is 0 Å². The predicted octanol–water partition coefficient (Wildman–Crippen LogP) is 2.24. The molecule has 28 heavy (non-hydrogen) atoms. The molecule has 4 rings (SSSR count). The monoisotopic (exact) mass is 382 g/mol. The van der Waals surface area contributed by atoms with E-state index >= 15 is 0 Å². The highest BCUT2D eigenvalue weighted by atomic mass is 16.5. The van der Waals surface area contributed by atoms with Gasteiger partial charge in [-0.2, -0.15) is 4.98 Å². The van der Waals surface area contributed by atoms with E-state index in [-0.39, 0.29) is 12.2 Å². The first-order valence-electron chi connectivity index (χ1n) is 10.2. The van der Waals surface area contributed by atoms with E-state index in [0.717, 1.165) is 63.3 Å². The molecule has 1 aromatic carbocycles. The predicted molar refractivity (Wildman–Crippen MR) is 112 cm³/mol. The topological polar surface area (TPSA) is 65.6 Å². The van der Waals surface area contributed by atoms with E-state index < -0.39 is 0 Å². The first-order valence-corrected chi connectivity index (χ1v) is 10.2. The number of anilines is 3. The number of hydrogen-bond donors (Lipinski definition) is 2. The maximum Gasteiger partial charge on any atom is 0.227 e. The van der Waals surface area contributed by atoms with Gasteiger partial charge < -0.3 is 20.3 Å². The Labute approximate surface area is 167 Å². The first-order chi connectivity index (χ1) is 13.7. The number of hydrogen-bond acceptors (Lipinski definition) is 7. The van der Waals surface area contributed by atoms with Gasteiger partial charge in [0.1, 0.15) is 5.82 Å². The summed E-state index contributed by atoms with van der Waals surface area (Å²) in [6.45, 7) is 11.2. The number of benzene rings is 1. The Morgan fingerprint density at radius 3 is 2.50 bits per heavy atom. The molecule has 0 radical (unpaired) electrons. The zero-order valence-electron chi connectivity index (χ0n) is 16.8. The summed E-state index contributed by atoms with van der Waals surface area (Å²) in [6.07, 6.45) is 2.19. The molecule has 0 saturated carbocycles. The van der Waals surface area contributed by atoms with Crippen LogP contribution in [0.4, 0.5) is 17.5 Å². The summed E-state index contributed by atoms with van der Waals surface area (Å²) in [5, 5.41) is 6.80. The van der Waals surface area contributed by atoms with Gasteiger partial charge in [0.2, 0.25) is 5.95 Å². The highest BCUT2D eigenvalue weighted by molar-refractivity contribution is 5.57. The van der Waals surface area contributed by atoms with Crippen molar-refractivity contribution in [3.8, 4) is 0 Å². The summed E-state index contributed by atoms with van der Waals surface area (Å²) < 4.78 is 5.81. The quantitative estimate of drug-likeness (QED) is 0.822. The van der Waals surface area contributed by atoms with Crippen LogP contribution in [-0.4, -0.2) is 66.3 Å². The molecular weight excluding hydrogens is 352 g/mol. The van der Waals surface area contributed by atoms with E-state index in [4.69, 9.17) is 9.72 Å². The molecule has 2 unspecified atom stereocenters. The maximum atomic E-state index is 5.81. The molecular formula is C21H30N6O. The fraction of sp³-hybridized carbons (Fsp3) is 0.524. The van der Waals surface area contributed by atoms with Crippen LogP contribution in [0.5, 0.6) is 0 Å². The van der Waals surface area contributed by atoms with Crippen molar-refractivity contribution >= 4 is 17.5 Å². The minimum atomic E-state index is 0.187. The number of rotatable bonds is 5. The SMILES string of the molecule is CC1CN(c2nccc(Nc3ccc(CN4CCNCC4)cc3)n2)CC(C)O1. The summed E-state index contributed by atoms with van der Waals surface area (Å²) in [5.41, 5.74) is 2.38. The van der Waals surface area contributed by atoms with Gasteiger partial charge in [-0.25, -0.2) is 4.98 Å². The van der Waals surface area contributed by atoms with Gasteiger partial charge in [0.05, 0.1) is 12.2 Å². The van der Waals surface area contributed by atoms with Crippen LogP contribution in [0.15, 0.2) is 36.5 Å². The van der Waals surface area contributed by atoms with Crippen molar-refractivity contribution in [1.82, 2.24) is 20.2 Å². The Bertz CT molecular complexity index is 752. The largest absolute Gasteiger partial charge is 0.372 e. The van der Waals surface area contributed by atoms with Gasteiger partial charge in [0, 0.05) is 57.7 Å². The molecule has 3 heterocycles. The minimum absolute atomic E-state index is 0.187.